The molecule has 1 aromatic carbocycles. The zero-order chi connectivity index (χ0) is 20.6. The Morgan fingerprint density at radius 1 is 1.00 bits per heavy atom. The summed E-state index contributed by atoms with van der Waals surface area (Å²) in [6, 6.07) is 9.41. The van der Waals surface area contributed by atoms with Crippen LogP contribution >= 0.6 is 0 Å². The first kappa shape index (κ1) is 18.8. The molecule has 29 heavy (non-hydrogen) atoms. The standard InChI is InChI=1S/C21H15F3N4O/c1-12-8-18-19(10-15(12)21(22,23)24)28-20(29)11-17(27-18)14-4-7-26-16(9-14)13-2-5-25-6-3-13/h2-10H,11H2,1H3,(H,28,29). The van der Waals surface area contributed by atoms with Gasteiger partial charge in [0.1, 0.15) is 0 Å². The van der Waals surface area contributed by atoms with Gasteiger partial charge >= 0.3 is 6.18 Å². The Morgan fingerprint density at radius 2 is 1.72 bits per heavy atom. The zero-order valence-corrected chi connectivity index (χ0v) is 15.3. The molecule has 1 aliphatic rings. The van der Waals surface area contributed by atoms with Crippen molar-refractivity contribution < 1.29 is 18.0 Å². The van der Waals surface area contributed by atoms with Crippen molar-refractivity contribution in [3.05, 3.63) is 71.7 Å². The van der Waals surface area contributed by atoms with Crippen molar-refractivity contribution in [1.29, 1.82) is 0 Å². The van der Waals surface area contributed by atoms with Gasteiger partial charge < -0.3 is 5.32 Å². The molecule has 0 radical (unpaired) electrons. The lowest BCUT2D eigenvalue weighted by molar-refractivity contribution is -0.138. The molecule has 8 heteroatoms. The summed E-state index contributed by atoms with van der Waals surface area (Å²) < 4.78 is 39.6. The SMILES string of the molecule is Cc1cc2c(cc1C(F)(F)F)NC(=O)CC(c1ccnc(-c3ccncc3)c1)=N2. The number of halogens is 3. The lowest BCUT2D eigenvalue weighted by Crippen LogP contribution is -2.15. The van der Waals surface area contributed by atoms with Gasteiger partial charge in [-0.15, -0.1) is 0 Å². The molecular formula is C21H15F3N4O. The van der Waals surface area contributed by atoms with Crippen LogP contribution < -0.4 is 5.32 Å². The van der Waals surface area contributed by atoms with Crippen LogP contribution in [0, 0.1) is 6.92 Å². The van der Waals surface area contributed by atoms with E-state index in [1.54, 1.807) is 30.7 Å². The molecule has 0 fully saturated rings. The fourth-order valence-electron chi connectivity index (χ4n) is 3.18. The quantitative estimate of drug-likeness (QED) is 0.668. The Balaban J connectivity index is 1.80. The minimum absolute atomic E-state index is 0.0442. The number of aliphatic imine (C=N–C) groups is 1. The lowest BCUT2D eigenvalue weighted by atomic mass is 10.0. The Hall–Kier alpha value is -3.55. The number of hydrogen-bond acceptors (Lipinski definition) is 4. The van der Waals surface area contributed by atoms with Gasteiger partial charge in [-0.3, -0.25) is 19.8 Å². The third-order valence-corrected chi connectivity index (χ3v) is 4.57. The number of aryl methyl sites for hydroxylation is 1. The van der Waals surface area contributed by atoms with Crippen LogP contribution in [-0.2, 0) is 11.0 Å². The Kier molecular flexibility index (Phi) is 4.62. The van der Waals surface area contributed by atoms with E-state index in [1.165, 1.54) is 13.0 Å². The smallest absolute Gasteiger partial charge is 0.324 e. The van der Waals surface area contributed by atoms with E-state index in [2.05, 4.69) is 20.3 Å². The van der Waals surface area contributed by atoms with Crippen LogP contribution in [0.1, 0.15) is 23.1 Å². The predicted octanol–water partition coefficient (Wildman–Crippen LogP) is 4.93. The number of anilines is 1. The maximum absolute atomic E-state index is 13.2. The van der Waals surface area contributed by atoms with Gasteiger partial charge in [0.25, 0.3) is 0 Å². The van der Waals surface area contributed by atoms with Crippen molar-refractivity contribution in [3.8, 4) is 11.3 Å². The number of amides is 1. The predicted molar refractivity (Wildman–Crippen MR) is 103 cm³/mol. The van der Waals surface area contributed by atoms with Crippen LogP contribution in [0.25, 0.3) is 11.3 Å². The normalized spacial score (nSPS) is 13.9. The van der Waals surface area contributed by atoms with Crippen molar-refractivity contribution in [1.82, 2.24) is 9.97 Å². The number of benzene rings is 1. The molecule has 0 unspecified atom stereocenters. The monoisotopic (exact) mass is 396 g/mol. The number of rotatable bonds is 2. The topological polar surface area (TPSA) is 67.2 Å². The number of fused-ring (bicyclic) bond motifs is 1. The Bertz CT molecular complexity index is 1120. The first-order valence-electron chi connectivity index (χ1n) is 8.77. The summed E-state index contributed by atoms with van der Waals surface area (Å²) in [5.41, 5.74) is 2.25. The van der Waals surface area contributed by atoms with Crippen LogP contribution in [0.5, 0.6) is 0 Å². The van der Waals surface area contributed by atoms with Gasteiger partial charge in [0.15, 0.2) is 0 Å². The highest BCUT2D eigenvalue weighted by Gasteiger charge is 2.34. The molecule has 0 spiro atoms. The minimum Gasteiger partial charge on any atom is -0.324 e. The fraction of sp³-hybridized carbons (Fsp3) is 0.143. The summed E-state index contributed by atoms with van der Waals surface area (Å²) in [4.78, 5) is 25.2. The summed E-state index contributed by atoms with van der Waals surface area (Å²) in [6.07, 6.45) is 0.340. The van der Waals surface area contributed by atoms with E-state index in [-0.39, 0.29) is 17.7 Å². The maximum atomic E-state index is 13.2. The van der Waals surface area contributed by atoms with Crippen molar-refractivity contribution in [3.63, 3.8) is 0 Å². The molecule has 146 valence electrons. The second-order valence-corrected chi connectivity index (χ2v) is 6.63. The average Bonchev–Trinajstić information content (AvgIpc) is 2.85. The van der Waals surface area contributed by atoms with Crippen molar-refractivity contribution in [2.75, 3.05) is 5.32 Å². The number of carbonyl (C=O) groups excluding carboxylic acids is 1. The largest absolute Gasteiger partial charge is 0.416 e. The summed E-state index contributed by atoms with van der Waals surface area (Å²) in [5, 5.41) is 2.53. The number of carbonyl (C=O) groups is 1. The molecule has 3 aromatic rings. The second kappa shape index (κ2) is 7.12. The van der Waals surface area contributed by atoms with Crippen LogP contribution in [-0.4, -0.2) is 21.6 Å². The number of nitrogens with one attached hydrogen (secondary N) is 1. The van der Waals surface area contributed by atoms with Gasteiger partial charge in [0, 0.05) is 29.7 Å². The summed E-state index contributed by atoms with van der Waals surface area (Å²) in [5.74, 6) is -0.429. The molecule has 5 nitrogen and oxygen atoms in total. The Morgan fingerprint density at radius 3 is 2.45 bits per heavy atom. The highest BCUT2D eigenvalue weighted by atomic mass is 19.4. The molecule has 0 atom stereocenters. The van der Waals surface area contributed by atoms with E-state index in [9.17, 15) is 18.0 Å². The third-order valence-electron chi connectivity index (χ3n) is 4.57. The zero-order valence-electron chi connectivity index (χ0n) is 15.3. The van der Waals surface area contributed by atoms with Gasteiger partial charge in [0.2, 0.25) is 5.91 Å². The molecule has 0 saturated heterocycles. The number of nitrogens with zero attached hydrogens (tertiary/aromatic N) is 3. The van der Waals surface area contributed by atoms with Gasteiger partial charge in [-0.1, -0.05) is 0 Å². The van der Waals surface area contributed by atoms with Gasteiger partial charge in [-0.05, 0) is 48.9 Å². The van der Waals surface area contributed by atoms with Gasteiger partial charge in [-0.2, -0.15) is 13.2 Å². The van der Waals surface area contributed by atoms with Gasteiger partial charge in [0.05, 0.1) is 34.8 Å². The molecule has 2 aromatic heterocycles. The number of hydrogen-bond donors (Lipinski definition) is 1. The number of aromatic nitrogens is 2. The number of alkyl halides is 3. The van der Waals surface area contributed by atoms with Crippen LogP contribution in [0.15, 0.2) is 60.0 Å². The molecule has 1 aliphatic heterocycles. The highest BCUT2D eigenvalue weighted by molar-refractivity contribution is 6.17. The minimum atomic E-state index is -4.51. The first-order valence-corrected chi connectivity index (χ1v) is 8.77. The molecule has 0 aliphatic carbocycles. The summed E-state index contributed by atoms with van der Waals surface area (Å²) >= 11 is 0. The number of pyridine rings is 2. The van der Waals surface area contributed by atoms with E-state index in [0.29, 0.717) is 22.7 Å². The summed E-state index contributed by atoms with van der Waals surface area (Å²) in [6.45, 7) is 1.37. The Labute approximate surface area is 164 Å². The first-order chi connectivity index (χ1) is 13.8. The van der Waals surface area contributed by atoms with Gasteiger partial charge in [-0.25, -0.2) is 0 Å². The van der Waals surface area contributed by atoms with Crippen molar-refractivity contribution >= 4 is 23.0 Å². The molecular weight excluding hydrogens is 381 g/mol. The molecule has 1 amide bonds. The van der Waals surface area contributed by atoms with Crippen LogP contribution in [0.3, 0.4) is 0 Å². The maximum Gasteiger partial charge on any atom is 0.416 e. The molecule has 0 saturated carbocycles. The highest BCUT2D eigenvalue weighted by Crippen LogP contribution is 2.39. The molecule has 3 heterocycles. The van der Waals surface area contributed by atoms with Crippen LogP contribution in [0.4, 0.5) is 24.5 Å². The third kappa shape index (κ3) is 3.87. The van der Waals surface area contributed by atoms with E-state index < -0.39 is 17.6 Å². The fourth-order valence-corrected chi connectivity index (χ4v) is 3.18. The average molecular weight is 396 g/mol. The van der Waals surface area contributed by atoms with E-state index >= 15 is 0 Å². The van der Waals surface area contributed by atoms with Crippen molar-refractivity contribution in [2.45, 2.75) is 19.5 Å². The summed E-state index contributed by atoms with van der Waals surface area (Å²) in [7, 11) is 0. The van der Waals surface area contributed by atoms with Crippen LogP contribution in [0.2, 0.25) is 0 Å². The molecule has 0 bridgehead atoms. The molecule has 4 rings (SSSR count). The van der Waals surface area contributed by atoms with E-state index in [4.69, 9.17) is 0 Å². The van der Waals surface area contributed by atoms with E-state index in [1.807, 2.05) is 12.1 Å². The molecule has 1 N–H and O–H groups in total. The van der Waals surface area contributed by atoms with E-state index in [0.717, 1.165) is 11.6 Å². The lowest BCUT2D eigenvalue weighted by Gasteiger charge is -2.13. The second-order valence-electron chi connectivity index (χ2n) is 6.63. The van der Waals surface area contributed by atoms with Crippen molar-refractivity contribution in [2.24, 2.45) is 4.99 Å².